The Labute approximate surface area is 566 Å². The van der Waals surface area contributed by atoms with Crippen molar-refractivity contribution in [2.24, 2.45) is 23.7 Å². The van der Waals surface area contributed by atoms with Gasteiger partial charge in [-0.2, -0.15) is 26.0 Å². The summed E-state index contributed by atoms with van der Waals surface area (Å²) >= 11 is 0. The Hall–Kier alpha value is -12.3. The zero-order valence-corrected chi connectivity index (χ0v) is 54.3. The molecule has 100 heavy (non-hydrogen) atoms. The van der Waals surface area contributed by atoms with Crippen molar-refractivity contribution < 1.29 is 15.3 Å². The monoisotopic (exact) mass is 1350 g/mol. The fourth-order valence-corrected chi connectivity index (χ4v) is 15.5. The number of nitrogens with zero attached hydrogens (tertiary/aromatic N) is 15. The lowest BCUT2D eigenvalue weighted by atomic mass is 9.96. The van der Waals surface area contributed by atoms with Crippen LogP contribution in [-0.2, 0) is 0 Å². The number of nitrogens with one attached hydrogen (secondary N) is 9. The van der Waals surface area contributed by atoms with Crippen LogP contribution in [0.2, 0.25) is 0 Å². The fourth-order valence-electron chi connectivity index (χ4n) is 15.5. The molecule has 16 rings (SSSR count). The van der Waals surface area contributed by atoms with Gasteiger partial charge in [0, 0.05) is 59.4 Å². The SMILES string of the molecule is N#CCC(C1CCCC1)n1[nH]c(=O)c(-c2ncnc3[nH]ccc23)c1O.N#CCC(C1CCCC1)n1[nH]cc(-c2[nH]c(=O)nc3[nH]ccc23)c1=O.N#CCC(C1CCCC1)n1[nH]cc(-c2ncnc3[nH]c(O)cc23)c1=O.N#CCC(C1CCCC1)n1[nH]cc(-c2ncnc3[nH]cc(O)c23)c1=O. The molecule has 0 bridgehead atoms. The first kappa shape index (κ1) is 66.3. The normalized spacial score (nSPS) is 16.3. The van der Waals surface area contributed by atoms with Gasteiger partial charge in [0.1, 0.15) is 52.9 Å². The van der Waals surface area contributed by atoms with Crippen molar-refractivity contribution in [2.75, 3.05) is 0 Å². The quantitative estimate of drug-likeness (QED) is 0.0428. The predicted molar refractivity (Wildman–Crippen MR) is 364 cm³/mol. The third-order valence-electron chi connectivity index (χ3n) is 20.3. The smallest absolute Gasteiger partial charge is 0.347 e. The van der Waals surface area contributed by atoms with Crippen molar-refractivity contribution in [3.8, 4) is 86.8 Å². The summed E-state index contributed by atoms with van der Waals surface area (Å²) in [5.74, 6) is 1.08. The molecule has 4 aliphatic carbocycles. The molecule has 4 unspecified atom stereocenters. The summed E-state index contributed by atoms with van der Waals surface area (Å²) in [6, 6.07) is 13.1. The molecule has 4 atom stereocenters. The van der Waals surface area contributed by atoms with Crippen molar-refractivity contribution in [1.82, 2.24) is 98.9 Å². The summed E-state index contributed by atoms with van der Waals surface area (Å²) in [7, 11) is 0. The second-order valence-electron chi connectivity index (χ2n) is 25.9. The van der Waals surface area contributed by atoms with E-state index < -0.39 is 11.2 Å². The molecule has 12 N–H and O–H groups in total. The van der Waals surface area contributed by atoms with Crippen molar-refractivity contribution in [3.05, 3.63) is 126 Å². The maximum Gasteiger partial charge on any atom is 0.347 e. The number of hydrogen-bond acceptors (Lipinski definition) is 19. The van der Waals surface area contributed by atoms with Gasteiger partial charge in [-0.3, -0.25) is 24.3 Å². The van der Waals surface area contributed by atoms with Gasteiger partial charge in [-0.05, 0) is 87.2 Å². The van der Waals surface area contributed by atoms with Gasteiger partial charge in [0.15, 0.2) is 5.88 Å². The van der Waals surface area contributed by atoms with Crippen LogP contribution in [0, 0.1) is 69.0 Å². The molecule has 4 fully saturated rings. The number of fused-ring (bicyclic) bond motifs is 4. The number of rotatable bonds is 16. The topological polar surface area (TPSA) is 493 Å². The standard InChI is InChI=1S/4C17H18N6O2/c18-7-5-13(10-3-1-2-4-10)23-16(24)12(9-20-23)14-11-6-8-19-15(11)22-17(25)21-14;18-7-5-12(10-3-1-2-4-10)23-17(25)13(16(24)22-23)14-11-6-8-19-15(11)21-9-20-14;18-6-5-13(10-3-1-2-4-10)23-17(25)12(8-21-23)15-11-7-14(24)22-16(11)20-9-19-15;18-6-5-12(10-3-1-2-4-10)23-17(25)11(7-22-23)15-14-13(24)8-19-16(14)21-9-20-15/h6,8-10,13,20H,1-5H2,(H2,19,21,22,25);6,8-10,12,25H,1-5H2,(H,22,24)(H,19,20,21);7-10,13,21,24H,1-5H2,(H,19,20,22);7-10,12,22,24H,1-5H2,(H,19,20,21). The zero-order valence-electron chi connectivity index (χ0n) is 54.3. The third kappa shape index (κ3) is 13.0. The van der Waals surface area contributed by atoms with E-state index in [2.05, 4.69) is 104 Å². The predicted octanol–water partition coefficient (Wildman–Crippen LogP) is 9.45. The molecule has 32 nitrogen and oxygen atoms in total. The summed E-state index contributed by atoms with van der Waals surface area (Å²) in [4.78, 5) is 106. The van der Waals surface area contributed by atoms with Crippen molar-refractivity contribution in [1.29, 1.82) is 21.0 Å². The first-order chi connectivity index (χ1) is 48.8. The first-order valence-electron chi connectivity index (χ1n) is 33.6. The number of aromatic hydroxyl groups is 3. The molecular weight excluding hydrogens is 1280 g/mol. The second kappa shape index (κ2) is 29.2. The molecule has 512 valence electrons. The van der Waals surface area contributed by atoms with E-state index in [1.165, 1.54) is 35.9 Å². The zero-order chi connectivity index (χ0) is 69.6. The lowest BCUT2D eigenvalue weighted by molar-refractivity contribution is 0.277. The van der Waals surface area contributed by atoms with Gasteiger partial charge in [-0.15, -0.1) is 0 Å². The molecule has 0 aromatic carbocycles. The molecule has 0 saturated heterocycles. The van der Waals surface area contributed by atoms with Crippen molar-refractivity contribution >= 4 is 44.1 Å². The van der Waals surface area contributed by atoms with Crippen molar-refractivity contribution in [3.63, 3.8) is 0 Å². The number of H-pyrrole nitrogens is 9. The molecule has 12 heterocycles. The van der Waals surface area contributed by atoms with E-state index in [9.17, 15) is 60.3 Å². The van der Waals surface area contributed by atoms with Crippen LogP contribution in [0.4, 0.5) is 0 Å². The third-order valence-corrected chi connectivity index (χ3v) is 20.3. The summed E-state index contributed by atoms with van der Waals surface area (Å²) < 4.78 is 6.12. The van der Waals surface area contributed by atoms with Crippen molar-refractivity contribution in [2.45, 2.75) is 153 Å². The van der Waals surface area contributed by atoms with Gasteiger partial charge < -0.3 is 55.5 Å². The summed E-state index contributed by atoms with van der Waals surface area (Å²) in [6.45, 7) is 0. The highest BCUT2D eigenvalue weighted by Gasteiger charge is 2.34. The summed E-state index contributed by atoms with van der Waals surface area (Å²) in [5, 5.41) is 81.3. The molecule has 12 aromatic heterocycles. The maximum absolute atomic E-state index is 13.0. The van der Waals surface area contributed by atoms with Crippen LogP contribution in [0.15, 0.2) is 98.3 Å². The molecule has 32 heteroatoms. The Morgan fingerprint density at radius 1 is 0.470 bits per heavy atom. The Morgan fingerprint density at radius 3 is 1.44 bits per heavy atom. The second-order valence-corrected chi connectivity index (χ2v) is 25.9. The first-order valence-corrected chi connectivity index (χ1v) is 33.6. The van der Waals surface area contributed by atoms with Crippen LogP contribution in [0.25, 0.3) is 89.2 Å². The minimum Gasteiger partial charge on any atom is -0.506 e. The van der Waals surface area contributed by atoms with E-state index in [1.54, 1.807) is 57.2 Å². The van der Waals surface area contributed by atoms with Crippen LogP contribution in [0.1, 0.15) is 153 Å². The number of nitriles is 4. The maximum atomic E-state index is 13.0. The van der Waals surface area contributed by atoms with Crippen LogP contribution < -0.4 is 27.9 Å². The van der Waals surface area contributed by atoms with Gasteiger partial charge in [0.25, 0.3) is 22.2 Å². The van der Waals surface area contributed by atoms with E-state index in [-0.39, 0.29) is 82.7 Å². The van der Waals surface area contributed by atoms with E-state index in [0.29, 0.717) is 114 Å². The Bertz CT molecular complexity index is 5390. The van der Waals surface area contributed by atoms with Gasteiger partial charge in [-0.1, -0.05) is 51.4 Å². The van der Waals surface area contributed by atoms with Gasteiger partial charge in [-0.25, -0.2) is 53.4 Å². The molecular formula is C68H72N24O8. The van der Waals surface area contributed by atoms with Gasteiger partial charge in [0.2, 0.25) is 5.88 Å². The van der Waals surface area contributed by atoms with Crippen LogP contribution in [-0.4, -0.2) is 114 Å². The molecule has 12 aromatic rings. The van der Waals surface area contributed by atoms with Gasteiger partial charge in [0.05, 0.1) is 119 Å². The van der Waals surface area contributed by atoms with E-state index in [4.69, 9.17) is 0 Å². The molecule has 0 spiro atoms. The van der Waals surface area contributed by atoms with E-state index in [1.807, 2.05) is 0 Å². The highest BCUT2D eigenvalue weighted by atomic mass is 16.3. The van der Waals surface area contributed by atoms with Crippen LogP contribution >= 0.6 is 0 Å². The number of aromatic amines is 9. The van der Waals surface area contributed by atoms with Gasteiger partial charge >= 0.3 is 5.69 Å². The molecule has 0 aliphatic heterocycles. The Kier molecular flexibility index (Phi) is 19.3. The van der Waals surface area contributed by atoms with Crippen LogP contribution in [0.3, 0.4) is 0 Å². The molecule has 0 radical (unpaired) electrons. The average molecular weight is 1350 g/mol. The minimum atomic E-state index is -0.513. The molecule has 4 aliphatic rings. The van der Waals surface area contributed by atoms with E-state index in [0.717, 1.165) is 103 Å². The summed E-state index contributed by atoms with van der Waals surface area (Å²) in [5.41, 5.74) is 3.33. The molecule has 0 amide bonds. The summed E-state index contributed by atoms with van der Waals surface area (Å²) in [6.07, 6.45) is 32.1. The fraction of sp³-hybridized carbons (Fsp3) is 0.412. The highest BCUT2D eigenvalue weighted by molar-refractivity contribution is 5.95. The number of aromatic nitrogens is 20. The lowest BCUT2D eigenvalue weighted by Crippen LogP contribution is -2.28. The average Bonchev–Trinajstić information content (AvgIpc) is 1.63. The minimum absolute atomic E-state index is 0.00196. The van der Waals surface area contributed by atoms with E-state index >= 15 is 0 Å². The Balaban J connectivity index is 0.000000119. The Morgan fingerprint density at radius 2 is 0.910 bits per heavy atom. The highest BCUT2D eigenvalue weighted by Crippen LogP contribution is 2.42. The number of hydrogen-bond donors (Lipinski definition) is 12. The van der Waals surface area contributed by atoms with Crippen LogP contribution in [0.5, 0.6) is 17.5 Å². The lowest BCUT2D eigenvalue weighted by Gasteiger charge is -2.22. The molecule has 4 saturated carbocycles. The largest absolute Gasteiger partial charge is 0.506 e.